The third-order valence-electron chi connectivity index (χ3n) is 4.66. The standard InChI is InChI=1S/C20H17N5O3/c26-20(23-16-8-4-5-9-18(16)25(27)28)15-11-24(12-15)19-10-17(21-13-22-19)14-6-2-1-3-7-14/h1-10,13,15H,11-12H2,(H,23,26). The van der Waals surface area contributed by atoms with E-state index in [1.807, 2.05) is 41.3 Å². The van der Waals surface area contributed by atoms with Crippen molar-refractivity contribution in [3.8, 4) is 11.3 Å². The number of hydrogen-bond acceptors (Lipinski definition) is 6. The third-order valence-corrected chi connectivity index (χ3v) is 4.66. The van der Waals surface area contributed by atoms with Crippen LogP contribution < -0.4 is 10.2 Å². The van der Waals surface area contributed by atoms with E-state index in [0.717, 1.165) is 17.1 Å². The van der Waals surface area contributed by atoms with E-state index < -0.39 is 4.92 Å². The zero-order valence-electron chi connectivity index (χ0n) is 14.9. The van der Waals surface area contributed by atoms with Crippen LogP contribution >= 0.6 is 0 Å². The van der Waals surface area contributed by atoms with Gasteiger partial charge in [-0.05, 0) is 6.07 Å². The Labute approximate surface area is 161 Å². The summed E-state index contributed by atoms with van der Waals surface area (Å²) in [6.07, 6.45) is 1.51. The summed E-state index contributed by atoms with van der Waals surface area (Å²) in [5, 5.41) is 13.7. The predicted molar refractivity (Wildman–Crippen MR) is 105 cm³/mol. The fourth-order valence-corrected chi connectivity index (χ4v) is 3.09. The van der Waals surface area contributed by atoms with Crippen molar-refractivity contribution in [1.82, 2.24) is 9.97 Å². The number of nitrogens with zero attached hydrogens (tertiary/aromatic N) is 4. The van der Waals surface area contributed by atoms with E-state index in [2.05, 4.69) is 15.3 Å². The molecule has 0 saturated carbocycles. The minimum Gasteiger partial charge on any atom is -0.355 e. The summed E-state index contributed by atoms with van der Waals surface area (Å²) in [5.74, 6) is 0.265. The van der Waals surface area contributed by atoms with Gasteiger partial charge in [0.15, 0.2) is 0 Å². The van der Waals surface area contributed by atoms with Crippen LogP contribution in [0.25, 0.3) is 11.3 Å². The molecule has 0 bridgehead atoms. The second-order valence-electron chi connectivity index (χ2n) is 6.49. The summed E-state index contributed by atoms with van der Waals surface area (Å²) in [6.45, 7) is 0.995. The summed E-state index contributed by atoms with van der Waals surface area (Å²) >= 11 is 0. The summed E-state index contributed by atoms with van der Waals surface area (Å²) in [4.78, 5) is 33.6. The second-order valence-corrected chi connectivity index (χ2v) is 6.49. The van der Waals surface area contributed by atoms with Gasteiger partial charge >= 0.3 is 0 Å². The molecule has 1 fully saturated rings. The smallest absolute Gasteiger partial charge is 0.292 e. The molecular weight excluding hydrogens is 358 g/mol. The lowest BCUT2D eigenvalue weighted by molar-refractivity contribution is -0.383. The number of para-hydroxylation sites is 2. The minimum absolute atomic E-state index is 0.115. The van der Waals surface area contributed by atoms with Gasteiger partial charge in [-0.3, -0.25) is 14.9 Å². The lowest BCUT2D eigenvalue weighted by Crippen LogP contribution is -2.52. The maximum Gasteiger partial charge on any atom is 0.292 e. The Bertz CT molecular complexity index is 1020. The largest absolute Gasteiger partial charge is 0.355 e. The van der Waals surface area contributed by atoms with Crippen LogP contribution in [-0.4, -0.2) is 33.9 Å². The summed E-state index contributed by atoms with van der Waals surface area (Å²) in [7, 11) is 0. The number of rotatable bonds is 5. The number of carbonyl (C=O) groups excluding carboxylic acids is 1. The van der Waals surface area contributed by atoms with Gasteiger partial charge < -0.3 is 10.2 Å². The van der Waals surface area contributed by atoms with Gasteiger partial charge in [0, 0.05) is 30.8 Å². The van der Waals surface area contributed by atoms with Gasteiger partial charge in [0.25, 0.3) is 5.69 Å². The molecule has 3 aromatic rings. The van der Waals surface area contributed by atoms with E-state index in [1.165, 1.54) is 18.5 Å². The van der Waals surface area contributed by atoms with Crippen LogP contribution in [0.1, 0.15) is 0 Å². The lowest BCUT2D eigenvalue weighted by atomic mass is 9.98. The average Bonchev–Trinajstić information content (AvgIpc) is 2.68. The summed E-state index contributed by atoms with van der Waals surface area (Å²) in [6, 6.07) is 17.8. The minimum atomic E-state index is -0.505. The molecule has 1 saturated heterocycles. The van der Waals surface area contributed by atoms with Gasteiger partial charge in [0.2, 0.25) is 5.91 Å². The molecule has 0 unspecified atom stereocenters. The molecule has 0 radical (unpaired) electrons. The fraction of sp³-hybridized carbons (Fsp3) is 0.150. The van der Waals surface area contributed by atoms with E-state index in [4.69, 9.17) is 0 Å². The molecule has 1 amide bonds. The normalized spacial score (nSPS) is 13.6. The Balaban J connectivity index is 1.41. The molecule has 1 N–H and O–H groups in total. The Morgan fingerprint density at radius 1 is 1.07 bits per heavy atom. The highest BCUT2D eigenvalue weighted by Gasteiger charge is 2.34. The molecule has 2 heterocycles. The predicted octanol–water partition coefficient (Wildman–Crippen LogP) is 3.13. The van der Waals surface area contributed by atoms with Crippen LogP contribution in [-0.2, 0) is 4.79 Å². The molecule has 1 aliphatic rings. The molecule has 4 rings (SSSR count). The average molecular weight is 375 g/mol. The van der Waals surface area contributed by atoms with Gasteiger partial charge in [0.05, 0.1) is 16.5 Å². The van der Waals surface area contributed by atoms with Crippen molar-refractivity contribution in [2.45, 2.75) is 0 Å². The highest BCUT2D eigenvalue weighted by Crippen LogP contribution is 2.28. The number of benzene rings is 2. The molecule has 28 heavy (non-hydrogen) atoms. The molecule has 0 atom stereocenters. The van der Waals surface area contributed by atoms with Crippen molar-refractivity contribution in [3.63, 3.8) is 0 Å². The third kappa shape index (κ3) is 3.52. The Kier molecular flexibility index (Phi) is 4.67. The fourth-order valence-electron chi connectivity index (χ4n) is 3.09. The van der Waals surface area contributed by atoms with E-state index in [-0.39, 0.29) is 23.2 Å². The zero-order valence-corrected chi connectivity index (χ0v) is 14.9. The van der Waals surface area contributed by atoms with Crippen molar-refractivity contribution in [1.29, 1.82) is 0 Å². The Morgan fingerprint density at radius 3 is 2.54 bits per heavy atom. The molecule has 0 spiro atoms. The first-order valence-electron chi connectivity index (χ1n) is 8.78. The quantitative estimate of drug-likeness (QED) is 0.543. The zero-order chi connectivity index (χ0) is 19.5. The SMILES string of the molecule is O=C(Nc1ccccc1[N+](=O)[O-])C1CN(c2cc(-c3ccccc3)ncn2)C1. The topological polar surface area (TPSA) is 101 Å². The number of amides is 1. The second kappa shape index (κ2) is 7.43. The first kappa shape index (κ1) is 17.6. The number of hydrogen-bond donors (Lipinski definition) is 1. The number of nitro groups is 1. The Hall–Kier alpha value is -3.81. The van der Waals surface area contributed by atoms with Crippen LogP contribution in [0, 0.1) is 16.0 Å². The first-order valence-corrected chi connectivity index (χ1v) is 8.78. The van der Waals surface area contributed by atoms with Crippen LogP contribution in [0.4, 0.5) is 17.2 Å². The molecule has 0 aliphatic carbocycles. The molecule has 1 aliphatic heterocycles. The van der Waals surface area contributed by atoms with Gasteiger partial charge in [-0.15, -0.1) is 0 Å². The number of nitrogens with one attached hydrogen (secondary N) is 1. The van der Waals surface area contributed by atoms with Gasteiger partial charge in [0.1, 0.15) is 17.8 Å². The van der Waals surface area contributed by atoms with Crippen LogP contribution in [0.5, 0.6) is 0 Å². The number of anilines is 2. The van der Waals surface area contributed by atoms with E-state index in [0.29, 0.717) is 13.1 Å². The number of nitro benzene ring substituents is 1. The van der Waals surface area contributed by atoms with Gasteiger partial charge in [-0.2, -0.15) is 0 Å². The summed E-state index contributed by atoms with van der Waals surface area (Å²) in [5.41, 5.74) is 1.91. The molecule has 8 nitrogen and oxygen atoms in total. The summed E-state index contributed by atoms with van der Waals surface area (Å²) < 4.78 is 0. The lowest BCUT2D eigenvalue weighted by Gasteiger charge is -2.39. The molecule has 2 aromatic carbocycles. The van der Waals surface area contributed by atoms with Crippen molar-refractivity contribution >= 4 is 23.1 Å². The van der Waals surface area contributed by atoms with Crippen molar-refractivity contribution in [3.05, 3.63) is 77.1 Å². The van der Waals surface area contributed by atoms with E-state index in [9.17, 15) is 14.9 Å². The Morgan fingerprint density at radius 2 is 1.79 bits per heavy atom. The first-order chi connectivity index (χ1) is 13.6. The maximum absolute atomic E-state index is 12.4. The van der Waals surface area contributed by atoms with Crippen molar-refractivity contribution < 1.29 is 9.72 Å². The van der Waals surface area contributed by atoms with Crippen LogP contribution in [0.3, 0.4) is 0 Å². The van der Waals surface area contributed by atoms with Crippen LogP contribution in [0.15, 0.2) is 67.0 Å². The van der Waals surface area contributed by atoms with Crippen LogP contribution in [0.2, 0.25) is 0 Å². The molecule has 1 aromatic heterocycles. The van der Waals surface area contributed by atoms with Crippen molar-refractivity contribution in [2.24, 2.45) is 5.92 Å². The van der Waals surface area contributed by atoms with E-state index in [1.54, 1.807) is 12.1 Å². The van der Waals surface area contributed by atoms with Gasteiger partial charge in [-0.25, -0.2) is 9.97 Å². The maximum atomic E-state index is 12.4. The van der Waals surface area contributed by atoms with Gasteiger partial charge in [-0.1, -0.05) is 42.5 Å². The van der Waals surface area contributed by atoms with E-state index >= 15 is 0 Å². The van der Waals surface area contributed by atoms with Crippen molar-refractivity contribution in [2.75, 3.05) is 23.3 Å². The molecule has 8 heteroatoms. The monoisotopic (exact) mass is 375 g/mol. The molecular formula is C20H17N5O3. The molecule has 140 valence electrons. The number of carbonyl (C=O) groups is 1. The highest BCUT2D eigenvalue weighted by molar-refractivity contribution is 5.96. The highest BCUT2D eigenvalue weighted by atomic mass is 16.6. The number of aromatic nitrogens is 2.